The Hall–Kier alpha value is -2.09. The number of rotatable bonds is 4. The SMILES string of the molecule is Cc1cc(C)c([N+](=O)[O-])cc1C(=O)NC1(C(=O)O)CCSC1. The van der Waals surface area contributed by atoms with Crippen molar-refractivity contribution >= 4 is 29.3 Å². The summed E-state index contributed by atoms with van der Waals surface area (Å²) in [6.07, 6.45) is 0.339. The molecule has 1 unspecified atom stereocenters. The van der Waals surface area contributed by atoms with Crippen molar-refractivity contribution in [1.82, 2.24) is 5.32 Å². The molecule has 0 radical (unpaired) electrons. The standard InChI is InChI=1S/C14H16N2O5S/c1-8-5-9(2)11(16(20)21)6-10(8)12(17)15-14(13(18)19)3-4-22-7-14/h5-6H,3-4,7H2,1-2H3,(H,15,17)(H,18,19). The van der Waals surface area contributed by atoms with Gasteiger partial charge < -0.3 is 10.4 Å². The summed E-state index contributed by atoms with van der Waals surface area (Å²) < 4.78 is 0. The highest BCUT2D eigenvalue weighted by Crippen LogP contribution is 2.29. The molecule has 2 N–H and O–H groups in total. The lowest BCUT2D eigenvalue weighted by atomic mass is 9.97. The number of carboxylic acids is 1. The Bertz CT molecular complexity index is 653. The van der Waals surface area contributed by atoms with Crippen molar-refractivity contribution < 1.29 is 19.6 Å². The summed E-state index contributed by atoms with van der Waals surface area (Å²) in [5.74, 6) is -0.726. The van der Waals surface area contributed by atoms with Gasteiger partial charge in [-0.25, -0.2) is 4.79 Å². The molecule has 0 spiro atoms. The van der Waals surface area contributed by atoms with E-state index in [0.29, 0.717) is 29.1 Å². The Morgan fingerprint density at radius 1 is 1.36 bits per heavy atom. The van der Waals surface area contributed by atoms with E-state index >= 15 is 0 Å². The number of hydrogen-bond acceptors (Lipinski definition) is 5. The molecule has 0 aromatic heterocycles. The molecular formula is C14H16N2O5S. The van der Waals surface area contributed by atoms with E-state index < -0.39 is 22.3 Å². The first-order chi connectivity index (χ1) is 10.3. The first-order valence-electron chi connectivity index (χ1n) is 6.66. The first kappa shape index (κ1) is 16.3. The van der Waals surface area contributed by atoms with Crippen molar-refractivity contribution in [2.75, 3.05) is 11.5 Å². The van der Waals surface area contributed by atoms with Crippen LogP contribution in [-0.2, 0) is 4.79 Å². The molecule has 118 valence electrons. The van der Waals surface area contributed by atoms with E-state index in [2.05, 4.69) is 5.32 Å². The first-order valence-corrected chi connectivity index (χ1v) is 7.81. The van der Waals surface area contributed by atoms with Gasteiger partial charge in [0.1, 0.15) is 5.54 Å². The molecule has 0 aliphatic carbocycles. The summed E-state index contributed by atoms with van der Waals surface area (Å²) in [7, 11) is 0. The van der Waals surface area contributed by atoms with Crippen LogP contribution in [0.3, 0.4) is 0 Å². The van der Waals surface area contributed by atoms with Crippen molar-refractivity contribution in [3.05, 3.63) is 38.9 Å². The quantitative estimate of drug-likeness (QED) is 0.646. The highest BCUT2D eigenvalue weighted by Gasteiger charge is 2.43. The summed E-state index contributed by atoms with van der Waals surface area (Å²) in [5, 5.41) is 22.9. The predicted molar refractivity (Wildman–Crippen MR) is 82.3 cm³/mol. The second-order valence-corrected chi connectivity index (χ2v) is 6.46. The van der Waals surface area contributed by atoms with Crippen LogP contribution < -0.4 is 5.32 Å². The maximum absolute atomic E-state index is 12.4. The van der Waals surface area contributed by atoms with Crippen LogP contribution >= 0.6 is 11.8 Å². The van der Waals surface area contributed by atoms with Gasteiger partial charge in [0, 0.05) is 22.9 Å². The van der Waals surface area contributed by atoms with Crippen LogP contribution in [-0.4, -0.2) is 39.0 Å². The van der Waals surface area contributed by atoms with Crippen LogP contribution in [0.25, 0.3) is 0 Å². The number of aliphatic carboxylic acids is 1. The minimum atomic E-state index is -1.30. The number of nitrogens with zero attached hydrogens (tertiary/aromatic N) is 1. The van der Waals surface area contributed by atoms with Crippen LogP contribution in [0.1, 0.15) is 27.9 Å². The predicted octanol–water partition coefficient (Wildman–Crippen LogP) is 1.90. The van der Waals surface area contributed by atoms with Crippen molar-refractivity contribution in [2.45, 2.75) is 25.8 Å². The minimum Gasteiger partial charge on any atom is -0.479 e. The zero-order valence-electron chi connectivity index (χ0n) is 12.2. The van der Waals surface area contributed by atoms with Gasteiger partial charge in [0.15, 0.2) is 0 Å². The second kappa shape index (κ2) is 5.96. The molecule has 1 fully saturated rings. The van der Waals surface area contributed by atoms with Crippen LogP contribution in [0.2, 0.25) is 0 Å². The molecule has 1 aromatic carbocycles. The van der Waals surface area contributed by atoms with Gasteiger partial charge in [-0.05, 0) is 37.7 Å². The summed E-state index contributed by atoms with van der Waals surface area (Å²) in [6, 6.07) is 2.77. The number of carboxylic acid groups (broad SMARTS) is 1. The molecule has 2 rings (SSSR count). The van der Waals surface area contributed by atoms with Crippen molar-refractivity contribution in [3.63, 3.8) is 0 Å². The highest BCUT2D eigenvalue weighted by atomic mass is 32.2. The molecule has 22 heavy (non-hydrogen) atoms. The van der Waals surface area contributed by atoms with E-state index in [9.17, 15) is 24.8 Å². The van der Waals surface area contributed by atoms with Gasteiger partial charge in [-0.2, -0.15) is 11.8 Å². The topological polar surface area (TPSA) is 110 Å². The zero-order valence-corrected chi connectivity index (χ0v) is 13.0. The number of nitrogens with one attached hydrogen (secondary N) is 1. The summed E-state index contributed by atoms with van der Waals surface area (Å²) in [4.78, 5) is 34.3. The Morgan fingerprint density at radius 3 is 2.55 bits per heavy atom. The number of benzene rings is 1. The third kappa shape index (κ3) is 2.92. The Balaban J connectivity index is 2.35. The molecule has 1 aliphatic heterocycles. The van der Waals surface area contributed by atoms with E-state index in [1.165, 1.54) is 17.8 Å². The van der Waals surface area contributed by atoms with Crippen molar-refractivity contribution in [3.8, 4) is 0 Å². The van der Waals surface area contributed by atoms with Crippen LogP contribution in [0.15, 0.2) is 12.1 Å². The fourth-order valence-corrected chi connectivity index (χ4v) is 3.78. The van der Waals surface area contributed by atoms with Crippen LogP contribution in [0, 0.1) is 24.0 Å². The molecule has 1 amide bonds. The lowest BCUT2D eigenvalue weighted by molar-refractivity contribution is -0.385. The summed E-state index contributed by atoms with van der Waals surface area (Å²) >= 11 is 1.46. The number of nitro benzene ring substituents is 1. The monoisotopic (exact) mass is 324 g/mol. The van der Waals surface area contributed by atoms with Crippen LogP contribution in [0.4, 0.5) is 5.69 Å². The molecule has 8 heteroatoms. The van der Waals surface area contributed by atoms with Crippen molar-refractivity contribution in [1.29, 1.82) is 0 Å². The van der Waals surface area contributed by atoms with Crippen molar-refractivity contribution in [2.24, 2.45) is 0 Å². The Kier molecular flexibility index (Phi) is 4.41. The third-order valence-corrected chi connectivity index (χ3v) is 4.96. The number of thioether (sulfide) groups is 1. The molecular weight excluding hydrogens is 308 g/mol. The van der Waals surface area contributed by atoms with E-state index in [1.54, 1.807) is 19.9 Å². The molecule has 1 aliphatic rings. The molecule has 0 bridgehead atoms. The van der Waals surface area contributed by atoms with E-state index in [4.69, 9.17) is 0 Å². The number of hydrogen-bond donors (Lipinski definition) is 2. The number of carbonyl (C=O) groups is 2. The molecule has 1 saturated heterocycles. The van der Waals surface area contributed by atoms with Gasteiger partial charge in [0.2, 0.25) is 0 Å². The van der Waals surface area contributed by atoms with Gasteiger partial charge in [0.05, 0.1) is 4.92 Å². The second-order valence-electron chi connectivity index (χ2n) is 5.35. The van der Waals surface area contributed by atoms with E-state index in [1.807, 2.05) is 0 Å². The summed E-state index contributed by atoms with van der Waals surface area (Å²) in [5.41, 5.74) is -0.278. The molecule has 1 heterocycles. The average molecular weight is 324 g/mol. The summed E-state index contributed by atoms with van der Waals surface area (Å²) in [6.45, 7) is 3.27. The average Bonchev–Trinajstić information content (AvgIpc) is 2.87. The maximum Gasteiger partial charge on any atom is 0.330 e. The Morgan fingerprint density at radius 2 is 2.05 bits per heavy atom. The Labute approximate surface area is 131 Å². The normalized spacial score (nSPS) is 20.6. The number of amides is 1. The fraction of sp³-hybridized carbons (Fsp3) is 0.429. The molecule has 0 saturated carbocycles. The third-order valence-electron chi connectivity index (χ3n) is 3.77. The van der Waals surface area contributed by atoms with E-state index in [-0.39, 0.29) is 11.3 Å². The van der Waals surface area contributed by atoms with Gasteiger partial charge >= 0.3 is 5.97 Å². The highest BCUT2D eigenvalue weighted by molar-refractivity contribution is 7.99. The minimum absolute atomic E-state index is 0.134. The van der Waals surface area contributed by atoms with Gasteiger partial charge in [-0.15, -0.1) is 0 Å². The lowest BCUT2D eigenvalue weighted by Gasteiger charge is -2.25. The van der Waals surface area contributed by atoms with E-state index in [0.717, 1.165) is 0 Å². The maximum atomic E-state index is 12.4. The largest absolute Gasteiger partial charge is 0.479 e. The number of nitro groups is 1. The fourth-order valence-electron chi connectivity index (χ4n) is 2.45. The lowest BCUT2D eigenvalue weighted by Crippen LogP contribution is -2.54. The smallest absolute Gasteiger partial charge is 0.330 e. The van der Waals surface area contributed by atoms with Gasteiger partial charge in [-0.3, -0.25) is 14.9 Å². The van der Waals surface area contributed by atoms with Gasteiger partial charge in [-0.1, -0.05) is 0 Å². The number of carbonyl (C=O) groups excluding carboxylic acids is 1. The molecule has 1 atom stereocenters. The number of aryl methyl sites for hydroxylation is 2. The zero-order chi connectivity index (χ0) is 16.5. The molecule has 1 aromatic rings. The van der Waals surface area contributed by atoms with Gasteiger partial charge in [0.25, 0.3) is 11.6 Å². The molecule has 7 nitrogen and oxygen atoms in total. The van der Waals surface area contributed by atoms with Crippen LogP contribution in [0.5, 0.6) is 0 Å².